The van der Waals surface area contributed by atoms with E-state index in [1.165, 1.54) is 0 Å². The average Bonchev–Trinajstić information content (AvgIpc) is 2.73. The number of hydrazine groups is 1. The minimum absolute atomic E-state index is 0.0560. The summed E-state index contributed by atoms with van der Waals surface area (Å²) in [4.78, 5) is 24.7. The van der Waals surface area contributed by atoms with E-state index in [1.807, 2.05) is 0 Å². The van der Waals surface area contributed by atoms with Crippen LogP contribution in [0.5, 0.6) is 0 Å². The van der Waals surface area contributed by atoms with Gasteiger partial charge in [0.05, 0.1) is 6.10 Å². The maximum absolute atomic E-state index is 11.3. The van der Waals surface area contributed by atoms with Crippen LogP contribution < -0.4 is 16.6 Å². The normalized spacial score (nSPS) is 29.7. The van der Waals surface area contributed by atoms with Gasteiger partial charge in [0, 0.05) is 32.6 Å². The highest BCUT2D eigenvalue weighted by Crippen LogP contribution is 2.20. The summed E-state index contributed by atoms with van der Waals surface area (Å²) in [5, 5.41) is 2.83. The SMILES string of the molecule is NNC(=O)C1CCC(CN2CCNC(=O)CC2)O1. The molecule has 2 heterocycles. The zero-order chi connectivity index (χ0) is 13.0. The average molecular weight is 256 g/mol. The second kappa shape index (κ2) is 6.12. The fourth-order valence-electron chi connectivity index (χ4n) is 2.41. The van der Waals surface area contributed by atoms with Gasteiger partial charge in [-0.15, -0.1) is 0 Å². The van der Waals surface area contributed by atoms with Crippen molar-refractivity contribution in [2.75, 3.05) is 26.2 Å². The van der Waals surface area contributed by atoms with E-state index in [-0.39, 0.29) is 17.9 Å². The molecule has 2 unspecified atom stereocenters. The third-order valence-corrected chi connectivity index (χ3v) is 3.41. The number of amides is 2. The Kier molecular flexibility index (Phi) is 4.51. The van der Waals surface area contributed by atoms with Crippen LogP contribution in [0.2, 0.25) is 0 Å². The topological polar surface area (TPSA) is 96.7 Å². The molecule has 2 amide bonds. The maximum Gasteiger partial charge on any atom is 0.263 e. The van der Waals surface area contributed by atoms with Gasteiger partial charge in [-0.25, -0.2) is 5.84 Å². The highest BCUT2D eigenvalue weighted by molar-refractivity contribution is 5.80. The molecule has 0 spiro atoms. The number of hydrogen-bond donors (Lipinski definition) is 3. The Bertz CT molecular complexity index is 323. The third-order valence-electron chi connectivity index (χ3n) is 3.41. The van der Waals surface area contributed by atoms with Gasteiger partial charge in [-0.3, -0.25) is 19.9 Å². The number of carbonyl (C=O) groups excluding carboxylic acids is 2. The second-order valence-corrected chi connectivity index (χ2v) is 4.73. The van der Waals surface area contributed by atoms with Gasteiger partial charge in [-0.2, -0.15) is 0 Å². The van der Waals surface area contributed by atoms with Crippen LogP contribution in [0.4, 0.5) is 0 Å². The number of carbonyl (C=O) groups is 2. The summed E-state index contributed by atoms with van der Waals surface area (Å²) in [5.41, 5.74) is 2.11. The van der Waals surface area contributed by atoms with Crippen LogP contribution in [0.1, 0.15) is 19.3 Å². The first-order chi connectivity index (χ1) is 8.69. The van der Waals surface area contributed by atoms with Gasteiger partial charge in [0.25, 0.3) is 5.91 Å². The second-order valence-electron chi connectivity index (χ2n) is 4.73. The van der Waals surface area contributed by atoms with Gasteiger partial charge in [0.15, 0.2) is 0 Å². The Balaban J connectivity index is 1.77. The summed E-state index contributed by atoms with van der Waals surface area (Å²) in [6.45, 7) is 3.03. The first-order valence-corrected chi connectivity index (χ1v) is 6.34. The number of nitrogens with two attached hydrogens (primary N) is 1. The van der Waals surface area contributed by atoms with Crippen molar-refractivity contribution in [2.45, 2.75) is 31.5 Å². The zero-order valence-corrected chi connectivity index (χ0v) is 10.4. The molecular formula is C11H20N4O3. The van der Waals surface area contributed by atoms with Crippen LogP contribution in [-0.2, 0) is 14.3 Å². The Morgan fingerprint density at radius 1 is 1.50 bits per heavy atom. The van der Waals surface area contributed by atoms with E-state index in [9.17, 15) is 9.59 Å². The molecule has 0 aromatic rings. The summed E-state index contributed by atoms with van der Waals surface area (Å²) in [5.74, 6) is 4.92. The summed E-state index contributed by atoms with van der Waals surface area (Å²) in [7, 11) is 0. The first-order valence-electron chi connectivity index (χ1n) is 6.34. The smallest absolute Gasteiger partial charge is 0.263 e. The van der Waals surface area contributed by atoms with E-state index in [2.05, 4.69) is 15.6 Å². The molecule has 0 aromatic carbocycles. The van der Waals surface area contributed by atoms with Crippen LogP contribution in [0, 0.1) is 0 Å². The zero-order valence-electron chi connectivity index (χ0n) is 10.4. The monoisotopic (exact) mass is 256 g/mol. The van der Waals surface area contributed by atoms with Crippen molar-refractivity contribution < 1.29 is 14.3 Å². The molecule has 2 aliphatic heterocycles. The van der Waals surface area contributed by atoms with Crippen LogP contribution in [-0.4, -0.2) is 55.1 Å². The van der Waals surface area contributed by atoms with Crippen LogP contribution >= 0.6 is 0 Å². The number of rotatable bonds is 3. The van der Waals surface area contributed by atoms with Crippen molar-refractivity contribution in [3.63, 3.8) is 0 Å². The molecule has 102 valence electrons. The highest BCUT2D eigenvalue weighted by atomic mass is 16.5. The summed E-state index contributed by atoms with van der Waals surface area (Å²) >= 11 is 0. The minimum Gasteiger partial charge on any atom is -0.364 e. The summed E-state index contributed by atoms with van der Waals surface area (Å²) in [6.07, 6.45) is 1.72. The molecule has 0 aromatic heterocycles. The van der Waals surface area contributed by atoms with E-state index >= 15 is 0 Å². The fourth-order valence-corrected chi connectivity index (χ4v) is 2.41. The van der Waals surface area contributed by atoms with E-state index in [0.29, 0.717) is 19.4 Å². The minimum atomic E-state index is -0.424. The van der Waals surface area contributed by atoms with Crippen LogP contribution in [0.3, 0.4) is 0 Å². The predicted molar refractivity (Wildman–Crippen MR) is 64.3 cm³/mol. The molecule has 7 nitrogen and oxygen atoms in total. The lowest BCUT2D eigenvalue weighted by molar-refractivity contribution is -0.132. The van der Waals surface area contributed by atoms with Crippen molar-refractivity contribution in [1.82, 2.24) is 15.6 Å². The molecule has 4 N–H and O–H groups in total. The Morgan fingerprint density at radius 3 is 3.11 bits per heavy atom. The van der Waals surface area contributed by atoms with Crippen molar-refractivity contribution in [2.24, 2.45) is 5.84 Å². The van der Waals surface area contributed by atoms with Gasteiger partial charge in [0.2, 0.25) is 5.91 Å². The number of nitrogens with one attached hydrogen (secondary N) is 2. The lowest BCUT2D eigenvalue weighted by Gasteiger charge is -2.23. The van der Waals surface area contributed by atoms with Gasteiger partial charge in [-0.1, -0.05) is 0 Å². The first kappa shape index (κ1) is 13.3. The molecule has 2 aliphatic rings. The quantitative estimate of drug-likeness (QED) is 0.319. The molecular weight excluding hydrogens is 236 g/mol. The predicted octanol–water partition coefficient (Wildman–Crippen LogP) is -1.65. The molecule has 2 fully saturated rings. The Labute approximate surface area is 106 Å². The van der Waals surface area contributed by atoms with Gasteiger partial charge >= 0.3 is 0 Å². The maximum atomic E-state index is 11.3. The number of ether oxygens (including phenoxy) is 1. The van der Waals surface area contributed by atoms with Crippen LogP contribution in [0.25, 0.3) is 0 Å². The molecule has 2 atom stereocenters. The fraction of sp³-hybridized carbons (Fsp3) is 0.818. The Morgan fingerprint density at radius 2 is 2.33 bits per heavy atom. The molecule has 0 bridgehead atoms. The summed E-state index contributed by atoms with van der Waals surface area (Å²) in [6, 6.07) is 0. The summed E-state index contributed by atoms with van der Waals surface area (Å²) < 4.78 is 5.65. The molecule has 7 heteroatoms. The van der Waals surface area contributed by atoms with Crippen molar-refractivity contribution in [1.29, 1.82) is 0 Å². The number of nitrogens with zero attached hydrogens (tertiary/aromatic N) is 1. The van der Waals surface area contributed by atoms with Crippen molar-refractivity contribution in [3.8, 4) is 0 Å². The van der Waals surface area contributed by atoms with Crippen molar-refractivity contribution in [3.05, 3.63) is 0 Å². The molecule has 0 saturated carbocycles. The van der Waals surface area contributed by atoms with E-state index in [0.717, 1.165) is 26.1 Å². The van der Waals surface area contributed by atoms with Gasteiger partial charge in [-0.05, 0) is 12.8 Å². The van der Waals surface area contributed by atoms with E-state index in [4.69, 9.17) is 10.6 Å². The van der Waals surface area contributed by atoms with E-state index in [1.54, 1.807) is 0 Å². The molecule has 0 radical (unpaired) electrons. The van der Waals surface area contributed by atoms with Crippen LogP contribution in [0.15, 0.2) is 0 Å². The van der Waals surface area contributed by atoms with E-state index < -0.39 is 6.10 Å². The third kappa shape index (κ3) is 3.41. The largest absolute Gasteiger partial charge is 0.364 e. The highest BCUT2D eigenvalue weighted by Gasteiger charge is 2.31. The lowest BCUT2D eigenvalue weighted by Crippen LogP contribution is -2.40. The molecule has 2 rings (SSSR count). The Hall–Kier alpha value is -1.18. The molecule has 2 saturated heterocycles. The van der Waals surface area contributed by atoms with Crippen molar-refractivity contribution >= 4 is 11.8 Å². The standard InChI is InChI=1S/C11H20N4O3/c12-14-11(17)9-2-1-8(18-9)7-15-5-3-10(16)13-4-6-15/h8-9H,1-7,12H2,(H,13,16)(H,14,17). The van der Waals surface area contributed by atoms with Gasteiger partial charge in [0.1, 0.15) is 6.10 Å². The van der Waals surface area contributed by atoms with Gasteiger partial charge < -0.3 is 10.1 Å². The molecule has 18 heavy (non-hydrogen) atoms. The lowest BCUT2D eigenvalue weighted by atomic mass is 10.2. The number of hydrogen-bond acceptors (Lipinski definition) is 5. The molecule has 0 aliphatic carbocycles.